The third-order valence-electron chi connectivity index (χ3n) is 18.2. The number of aryl methyl sites for hydroxylation is 1. The fourth-order valence-corrected chi connectivity index (χ4v) is 14.0. The van der Waals surface area contributed by atoms with Crippen molar-refractivity contribution in [3.63, 3.8) is 0 Å². The Hall–Kier alpha value is -7.27. The first kappa shape index (κ1) is 63.7. The van der Waals surface area contributed by atoms with Gasteiger partial charge >= 0.3 is 0 Å². The Morgan fingerprint density at radius 2 is 1.58 bits per heavy atom. The topological polar surface area (TPSA) is 253 Å². The van der Waals surface area contributed by atoms with Crippen LogP contribution < -0.4 is 46.5 Å². The fourth-order valence-electron chi connectivity index (χ4n) is 12.9. The van der Waals surface area contributed by atoms with Crippen LogP contribution in [-0.4, -0.2) is 119 Å². The molecule has 0 radical (unpaired) electrons. The number of nitrogens with two attached hydrogens (primary N) is 1. The lowest BCUT2D eigenvalue weighted by Gasteiger charge is -2.37. The lowest BCUT2D eigenvalue weighted by Crippen LogP contribution is -2.59. The Morgan fingerprint density at radius 3 is 2.22 bits per heavy atom. The van der Waals surface area contributed by atoms with Crippen LogP contribution in [0.2, 0.25) is 5.02 Å². The molecule has 18 nitrogen and oxygen atoms in total. The van der Waals surface area contributed by atoms with Gasteiger partial charge in [-0.05, 0) is 106 Å². The number of primary amides is 1. The summed E-state index contributed by atoms with van der Waals surface area (Å²) in [6.45, 7) is 8.72. The van der Waals surface area contributed by atoms with E-state index in [9.17, 15) is 38.3 Å². The summed E-state index contributed by atoms with van der Waals surface area (Å²) in [5.41, 5.74) is 6.31. The Balaban J connectivity index is 0.714. The largest absolute Gasteiger partial charge is 0.494 e. The monoisotopic (exact) mass is 1250 g/mol. The van der Waals surface area contributed by atoms with Crippen LogP contribution in [0.25, 0.3) is 21.6 Å². The number of thiazole rings is 1. The highest BCUT2D eigenvalue weighted by atomic mass is 35.5. The van der Waals surface area contributed by atoms with Crippen LogP contribution in [0.15, 0.2) is 72.2 Å². The van der Waals surface area contributed by atoms with Gasteiger partial charge in [0.15, 0.2) is 29.4 Å². The fraction of sp³-hybridized carbons (Fsp3) is 0.492. The number of amides is 6. The first-order valence-corrected chi connectivity index (χ1v) is 31.3. The predicted octanol–water partition coefficient (Wildman–Crippen LogP) is 8.60. The highest BCUT2D eigenvalue weighted by Gasteiger charge is 2.54. The lowest BCUT2D eigenvalue weighted by molar-refractivity contribution is -0.145. The number of alkyl halides is 1. The highest BCUT2D eigenvalue weighted by Crippen LogP contribution is 2.57. The molecule has 6 amide bonds. The first-order chi connectivity index (χ1) is 41.9. The van der Waals surface area contributed by atoms with E-state index in [1.54, 1.807) is 38.4 Å². The number of likely N-dealkylation sites (tertiary alicyclic amines) is 1. The zero-order chi connectivity index (χ0) is 63.0. The molecule has 5 atom stereocenters. The van der Waals surface area contributed by atoms with Crippen LogP contribution in [0.3, 0.4) is 0 Å². The van der Waals surface area contributed by atoms with Gasteiger partial charge in [0.1, 0.15) is 29.4 Å². The van der Waals surface area contributed by atoms with E-state index in [0.717, 1.165) is 21.7 Å². The molecule has 470 valence electrons. The Bertz CT molecular complexity index is 3480. The zero-order valence-electron chi connectivity index (χ0n) is 50.2. The minimum absolute atomic E-state index is 0.00156. The predicted molar refractivity (Wildman–Crippen MR) is 325 cm³/mol. The zero-order valence-corrected chi connectivity index (χ0v) is 51.7. The lowest BCUT2D eigenvalue weighted by atomic mass is 9.77. The van der Waals surface area contributed by atoms with E-state index < -0.39 is 81.1 Å². The van der Waals surface area contributed by atoms with Crippen molar-refractivity contribution in [2.75, 3.05) is 26.8 Å². The van der Waals surface area contributed by atoms with Crippen molar-refractivity contribution in [1.29, 1.82) is 0 Å². The van der Waals surface area contributed by atoms with Crippen molar-refractivity contribution in [3.8, 4) is 38.8 Å². The van der Waals surface area contributed by atoms with Gasteiger partial charge in [-0.2, -0.15) is 0 Å². The minimum Gasteiger partial charge on any atom is -0.494 e. The molecular formula is C65H76ClF3N8O10S. The van der Waals surface area contributed by atoms with E-state index in [1.807, 2.05) is 50.2 Å². The molecule has 10 rings (SSSR count). The number of carbonyl (C=O) groups is 6. The minimum atomic E-state index is -2.02. The van der Waals surface area contributed by atoms with E-state index >= 15 is 8.78 Å². The van der Waals surface area contributed by atoms with Gasteiger partial charge in [0.05, 0.1) is 39.9 Å². The molecule has 4 fully saturated rings. The van der Waals surface area contributed by atoms with Crippen LogP contribution in [0.4, 0.5) is 13.2 Å². The first-order valence-electron chi connectivity index (χ1n) is 30.1. The number of hydrogen-bond donors (Lipinski definition) is 7. The molecule has 4 aromatic carbocycles. The quantitative estimate of drug-likeness (QED) is 0.0387. The SMILES string of the molecule is COc1ccc(C(N)=O)c(-c2c(Cl)c(F)cc3c2[C@H](C)[C@@](CNC2CCC(C(=O)NC4CCC(NC(=O)COc5cc(-c6scnc6C)ccc5CNC(=O)[C@@H]5C[C@@H](O)CN5C(=O)[C@@H](NC(=O)C5(F)CC5)C(C)(C)C)CC4)CC2)(c2ccccc2)O3)c1F. The normalized spacial score (nSPS) is 24.1. The van der Waals surface area contributed by atoms with E-state index in [2.05, 4.69) is 31.6 Å². The molecule has 3 aliphatic carbocycles. The van der Waals surface area contributed by atoms with Crippen LogP contribution in [0.1, 0.15) is 137 Å². The summed E-state index contributed by atoms with van der Waals surface area (Å²) in [7, 11) is 1.28. The summed E-state index contributed by atoms with van der Waals surface area (Å²) >= 11 is 8.15. The molecule has 0 bridgehead atoms. The van der Waals surface area contributed by atoms with Gasteiger partial charge in [0.25, 0.3) is 11.8 Å². The summed E-state index contributed by atoms with van der Waals surface area (Å²) in [4.78, 5) is 87.4. The number of hydrogen-bond acceptors (Lipinski definition) is 13. The number of nitrogens with one attached hydrogen (secondary N) is 5. The van der Waals surface area contributed by atoms with Gasteiger partial charge in [-0.25, -0.2) is 18.2 Å². The smallest absolute Gasteiger partial charge is 0.258 e. The Morgan fingerprint density at radius 1 is 0.898 bits per heavy atom. The van der Waals surface area contributed by atoms with Crippen molar-refractivity contribution >= 4 is 58.4 Å². The summed E-state index contributed by atoms with van der Waals surface area (Å²) in [5.74, 6) is -5.54. The molecule has 88 heavy (non-hydrogen) atoms. The maximum atomic E-state index is 16.3. The van der Waals surface area contributed by atoms with E-state index in [0.29, 0.717) is 68.2 Å². The molecule has 8 N–H and O–H groups in total. The second kappa shape index (κ2) is 26.1. The maximum absolute atomic E-state index is 16.3. The average molecular weight is 1250 g/mol. The van der Waals surface area contributed by atoms with Gasteiger partial charge in [-0.15, -0.1) is 11.3 Å². The van der Waals surface area contributed by atoms with Crippen LogP contribution >= 0.6 is 22.9 Å². The van der Waals surface area contributed by atoms with E-state index in [-0.39, 0.29) is 110 Å². The number of methoxy groups -OCH3 is 1. The average Bonchev–Trinajstić information content (AvgIpc) is 1.67. The van der Waals surface area contributed by atoms with Crippen molar-refractivity contribution in [2.24, 2.45) is 17.1 Å². The number of fused-ring (bicyclic) bond motifs is 1. The second-order valence-corrected chi connectivity index (χ2v) is 26.4. The van der Waals surface area contributed by atoms with Gasteiger partial charge in [-0.3, -0.25) is 28.8 Å². The number of nitrogens with zero attached hydrogens (tertiary/aromatic N) is 2. The summed E-state index contributed by atoms with van der Waals surface area (Å²) in [6.07, 6.45) is 4.33. The number of ether oxygens (including phenoxy) is 3. The molecule has 2 aliphatic heterocycles. The highest BCUT2D eigenvalue weighted by molar-refractivity contribution is 7.13. The molecule has 5 aliphatic rings. The number of aromatic nitrogens is 1. The van der Waals surface area contributed by atoms with Crippen molar-refractivity contribution in [1.82, 2.24) is 36.5 Å². The molecule has 1 aromatic heterocycles. The van der Waals surface area contributed by atoms with E-state index in [1.165, 1.54) is 41.5 Å². The second-order valence-electron chi connectivity index (χ2n) is 25.2. The van der Waals surface area contributed by atoms with Crippen molar-refractivity contribution in [2.45, 2.75) is 165 Å². The molecule has 3 heterocycles. The molecule has 3 saturated carbocycles. The van der Waals surface area contributed by atoms with Gasteiger partial charge in [0.2, 0.25) is 23.6 Å². The molecular weight excluding hydrogens is 1180 g/mol. The summed E-state index contributed by atoms with van der Waals surface area (Å²) in [5, 5.41) is 25.9. The van der Waals surface area contributed by atoms with Crippen molar-refractivity contribution in [3.05, 3.63) is 117 Å². The molecule has 5 aromatic rings. The van der Waals surface area contributed by atoms with E-state index in [4.69, 9.17) is 31.5 Å². The summed E-state index contributed by atoms with van der Waals surface area (Å²) in [6, 6.07) is 16.2. The molecule has 0 spiro atoms. The molecule has 1 saturated heterocycles. The number of carbonyl (C=O) groups excluding carboxylic acids is 6. The number of aliphatic hydroxyl groups excluding tert-OH is 1. The van der Waals surface area contributed by atoms with Gasteiger partial charge < -0.3 is 56.5 Å². The van der Waals surface area contributed by atoms with Gasteiger partial charge in [-0.1, -0.05) is 81.8 Å². The van der Waals surface area contributed by atoms with Gasteiger partial charge in [0, 0.05) is 84.3 Å². The van der Waals surface area contributed by atoms with Crippen LogP contribution in [-0.2, 0) is 36.1 Å². The third-order valence-corrected chi connectivity index (χ3v) is 19.5. The standard InChI is InChI=1S/C65H76ClF3N8O10S/c1-34-51-49(28-45(67)54(66)53(51)52-44(58(70)80)22-23-47(85-6)55(52)68)87-65(34,39-10-8-7-9-11-39)32-72-40-16-14-36(15-17-40)59(81)75-42-20-18-41(19-21-42)74-50(79)31-86-48-26-37(56-35(2)73-33-88-56)12-13-38(48)29-71-60(82)46-27-43(78)30-77(46)61(83)57(63(3,4)5)76-62(84)64(69)24-25-64/h7-13,22-23,26,28,33-34,36,40-43,46,57,72,78H,14-21,24-25,27,29-32H2,1-6H3,(H2,70,80)(H,71,82)(H,74,79)(H,75,81)(H,76,84)/t34-,36?,40?,41?,42?,43+,46-,57+,65-/m0/s1. The number of halogens is 4. The number of aliphatic hydroxyl groups is 1. The van der Waals surface area contributed by atoms with Crippen LogP contribution in [0, 0.1) is 29.9 Å². The number of rotatable bonds is 20. The van der Waals surface area contributed by atoms with Crippen molar-refractivity contribution < 1.29 is 61.3 Å². The maximum Gasteiger partial charge on any atom is 0.258 e. The number of benzene rings is 4. The Labute approximate surface area is 518 Å². The molecule has 0 unspecified atom stereocenters. The Kier molecular flexibility index (Phi) is 18.9. The third kappa shape index (κ3) is 13.4. The molecule has 23 heteroatoms. The van der Waals surface area contributed by atoms with Crippen LogP contribution in [0.5, 0.6) is 17.2 Å². The number of β-amino-alcohol motifs (C(OH)–C–C–N with tert-alkyl or cyclic N) is 1. The summed E-state index contributed by atoms with van der Waals surface area (Å²) < 4.78 is 65.1.